The van der Waals surface area contributed by atoms with Gasteiger partial charge in [-0.2, -0.15) is 0 Å². The maximum atomic E-state index is 2.49. The molecule has 2 rings (SSSR count). The molecule has 0 heterocycles. The molecule has 2 saturated carbocycles. The largest absolute Gasteiger partial charge is 0.0622 e. The second kappa shape index (κ2) is 2.75. The highest BCUT2D eigenvalue weighted by Gasteiger charge is 2.45. The predicted molar refractivity (Wildman–Crippen MR) is 53.0 cm³/mol. The molecule has 0 nitrogen and oxygen atoms in total. The third-order valence-corrected chi connectivity index (χ3v) is 4.42. The van der Waals surface area contributed by atoms with E-state index >= 15 is 0 Å². The van der Waals surface area contributed by atoms with Gasteiger partial charge in [0.1, 0.15) is 0 Å². The van der Waals surface area contributed by atoms with Crippen LogP contribution in [0.3, 0.4) is 0 Å². The molecule has 0 radical (unpaired) electrons. The van der Waals surface area contributed by atoms with Crippen LogP contribution < -0.4 is 0 Å². The van der Waals surface area contributed by atoms with E-state index in [0.717, 1.165) is 17.8 Å². The van der Waals surface area contributed by atoms with Gasteiger partial charge in [-0.1, -0.05) is 40.0 Å². The Morgan fingerprint density at radius 2 is 1.83 bits per heavy atom. The van der Waals surface area contributed by atoms with Gasteiger partial charge in [0.15, 0.2) is 0 Å². The Labute approximate surface area is 76.7 Å². The molecule has 0 spiro atoms. The second-order valence-electron chi connectivity index (χ2n) is 5.72. The molecule has 2 aliphatic rings. The van der Waals surface area contributed by atoms with E-state index < -0.39 is 0 Å². The maximum Gasteiger partial charge on any atom is -0.0309 e. The fourth-order valence-corrected chi connectivity index (χ4v) is 3.98. The lowest BCUT2D eigenvalue weighted by Crippen LogP contribution is -2.31. The second-order valence-corrected chi connectivity index (χ2v) is 5.72. The van der Waals surface area contributed by atoms with E-state index in [1.54, 1.807) is 0 Å². The van der Waals surface area contributed by atoms with Crippen LogP contribution in [0.1, 0.15) is 52.9 Å². The van der Waals surface area contributed by atoms with Crippen LogP contribution in [-0.4, -0.2) is 0 Å². The first kappa shape index (κ1) is 8.59. The zero-order valence-corrected chi connectivity index (χ0v) is 8.77. The molecule has 3 atom stereocenters. The zero-order valence-electron chi connectivity index (χ0n) is 8.77. The van der Waals surface area contributed by atoms with Gasteiger partial charge in [0.2, 0.25) is 0 Å². The molecule has 0 N–H and O–H groups in total. The monoisotopic (exact) mass is 166 g/mol. The summed E-state index contributed by atoms with van der Waals surface area (Å²) in [6.45, 7) is 7.45. The van der Waals surface area contributed by atoms with Crippen LogP contribution in [0.4, 0.5) is 0 Å². The van der Waals surface area contributed by atoms with Gasteiger partial charge >= 0.3 is 0 Å². The average Bonchev–Trinajstić information content (AvgIpc) is 2.29. The molecule has 0 heteroatoms. The molecular weight excluding hydrogens is 144 g/mol. The molecule has 2 fully saturated rings. The van der Waals surface area contributed by atoms with Crippen molar-refractivity contribution in [3.63, 3.8) is 0 Å². The standard InChI is InChI=1S/C12H22/c1-9-5-4-6-10-7-8-12(2,3)11(9)10/h9-11H,4-8H2,1-3H3. The van der Waals surface area contributed by atoms with Crippen molar-refractivity contribution in [2.75, 3.05) is 0 Å². The van der Waals surface area contributed by atoms with Gasteiger partial charge in [-0.15, -0.1) is 0 Å². The summed E-state index contributed by atoms with van der Waals surface area (Å²) in [5, 5.41) is 0. The van der Waals surface area contributed by atoms with E-state index in [4.69, 9.17) is 0 Å². The van der Waals surface area contributed by atoms with Gasteiger partial charge in [0, 0.05) is 0 Å². The SMILES string of the molecule is CC1CCCC2CCC(C)(C)C12. The lowest BCUT2D eigenvalue weighted by molar-refractivity contribution is 0.103. The van der Waals surface area contributed by atoms with Crippen LogP contribution in [0, 0.1) is 23.2 Å². The van der Waals surface area contributed by atoms with Crippen LogP contribution in [0.25, 0.3) is 0 Å². The van der Waals surface area contributed by atoms with Crippen molar-refractivity contribution >= 4 is 0 Å². The molecule has 0 amide bonds. The third kappa shape index (κ3) is 1.20. The van der Waals surface area contributed by atoms with Crippen molar-refractivity contribution < 1.29 is 0 Å². The summed E-state index contributed by atoms with van der Waals surface area (Å²) in [4.78, 5) is 0. The van der Waals surface area contributed by atoms with Crippen LogP contribution in [0.2, 0.25) is 0 Å². The molecule has 0 aromatic heterocycles. The molecule has 0 aliphatic heterocycles. The van der Waals surface area contributed by atoms with Crippen LogP contribution in [0.5, 0.6) is 0 Å². The number of hydrogen-bond acceptors (Lipinski definition) is 0. The summed E-state index contributed by atoms with van der Waals surface area (Å²) in [6, 6.07) is 0. The quantitative estimate of drug-likeness (QED) is 0.512. The first-order chi connectivity index (χ1) is 5.61. The fraction of sp³-hybridized carbons (Fsp3) is 1.00. The first-order valence-corrected chi connectivity index (χ1v) is 5.61. The molecule has 70 valence electrons. The fourth-order valence-electron chi connectivity index (χ4n) is 3.98. The van der Waals surface area contributed by atoms with Crippen molar-refractivity contribution in [1.82, 2.24) is 0 Å². The van der Waals surface area contributed by atoms with Gasteiger partial charge in [0.05, 0.1) is 0 Å². The molecule has 0 saturated heterocycles. The van der Waals surface area contributed by atoms with E-state index in [2.05, 4.69) is 20.8 Å². The lowest BCUT2D eigenvalue weighted by atomic mass is 9.66. The molecule has 2 aliphatic carbocycles. The average molecular weight is 166 g/mol. The van der Waals surface area contributed by atoms with Gasteiger partial charge in [-0.3, -0.25) is 0 Å². The number of fused-ring (bicyclic) bond motifs is 1. The van der Waals surface area contributed by atoms with E-state index in [1.807, 2.05) is 0 Å². The highest BCUT2D eigenvalue weighted by Crippen LogP contribution is 2.54. The highest BCUT2D eigenvalue weighted by molar-refractivity contribution is 4.95. The van der Waals surface area contributed by atoms with Crippen molar-refractivity contribution in [3.8, 4) is 0 Å². The molecule has 0 aromatic carbocycles. The van der Waals surface area contributed by atoms with Crippen molar-refractivity contribution in [3.05, 3.63) is 0 Å². The topological polar surface area (TPSA) is 0 Å². The van der Waals surface area contributed by atoms with Crippen molar-refractivity contribution in [2.24, 2.45) is 23.2 Å². The van der Waals surface area contributed by atoms with Gasteiger partial charge < -0.3 is 0 Å². The van der Waals surface area contributed by atoms with E-state index in [9.17, 15) is 0 Å². The first-order valence-electron chi connectivity index (χ1n) is 5.61. The molecular formula is C12H22. The smallest absolute Gasteiger partial charge is 0.0309 e. The summed E-state index contributed by atoms with van der Waals surface area (Å²) in [7, 11) is 0. The van der Waals surface area contributed by atoms with Crippen LogP contribution >= 0.6 is 0 Å². The van der Waals surface area contributed by atoms with Crippen LogP contribution in [-0.2, 0) is 0 Å². The van der Waals surface area contributed by atoms with Gasteiger partial charge in [-0.25, -0.2) is 0 Å². The molecule has 0 aromatic rings. The zero-order chi connectivity index (χ0) is 8.77. The lowest BCUT2D eigenvalue weighted by Gasteiger charge is -2.39. The molecule has 0 bridgehead atoms. The van der Waals surface area contributed by atoms with Gasteiger partial charge in [0.25, 0.3) is 0 Å². The van der Waals surface area contributed by atoms with Crippen molar-refractivity contribution in [2.45, 2.75) is 52.9 Å². The Balaban J connectivity index is 2.17. The molecule has 12 heavy (non-hydrogen) atoms. The summed E-state index contributed by atoms with van der Waals surface area (Å²) < 4.78 is 0. The maximum absolute atomic E-state index is 2.49. The number of rotatable bonds is 0. The Kier molecular flexibility index (Phi) is 1.97. The van der Waals surface area contributed by atoms with E-state index in [-0.39, 0.29) is 0 Å². The minimum absolute atomic E-state index is 0.657. The summed E-state index contributed by atoms with van der Waals surface area (Å²) in [5.74, 6) is 3.14. The van der Waals surface area contributed by atoms with E-state index in [0.29, 0.717) is 5.41 Å². The van der Waals surface area contributed by atoms with Crippen LogP contribution in [0.15, 0.2) is 0 Å². The Morgan fingerprint density at radius 3 is 2.50 bits per heavy atom. The molecule has 3 unspecified atom stereocenters. The minimum atomic E-state index is 0.657. The summed E-state index contributed by atoms with van der Waals surface area (Å²) in [6.07, 6.45) is 7.51. The summed E-state index contributed by atoms with van der Waals surface area (Å²) in [5.41, 5.74) is 0.657. The Hall–Kier alpha value is 0. The van der Waals surface area contributed by atoms with Crippen molar-refractivity contribution in [1.29, 1.82) is 0 Å². The predicted octanol–water partition coefficient (Wildman–Crippen LogP) is 3.86. The van der Waals surface area contributed by atoms with Gasteiger partial charge in [-0.05, 0) is 36.0 Å². The Bertz CT molecular complexity index is 169. The number of hydrogen-bond donors (Lipinski definition) is 0. The Morgan fingerprint density at radius 1 is 1.08 bits per heavy atom. The third-order valence-electron chi connectivity index (χ3n) is 4.42. The normalized spacial score (nSPS) is 45.8. The minimum Gasteiger partial charge on any atom is -0.0622 e. The summed E-state index contributed by atoms with van der Waals surface area (Å²) >= 11 is 0. The highest BCUT2D eigenvalue weighted by atomic mass is 14.5. The van der Waals surface area contributed by atoms with E-state index in [1.165, 1.54) is 32.1 Å².